The van der Waals surface area contributed by atoms with Crippen LogP contribution in [0.15, 0.2) is 0 Å². The summed E-state index contributed by atoms with van der Waals surface area (Å²) in [6.07, 6.45) is 5.77. The third-order valence-electron chi connectivity index (χ3n) is 4.20. The SMILES string of the molecule is CCCCC1NC(C)N(C(C)C2CCCO2)C1=O. The number of carbonyl (C=O) groups excluding carboxylic acids is 1. The third kappa shape index (κ3) is 2.69. The molecule has 1 amide bonds. The molecule has 0 bridgehead atoms. The number of hydrogen-bond donors (Lipinski definition) is 1. The predicted octanol–water partition coefficient (Wildman–Crippen LogP) is 1.89. The number of ether oxygens (including phenoxy) is 1. The van der Waals surface area contributed by atoms with Crippen LogP contribution in [0.4, 0.5) is 0 Å². The van der Waals surface area contributed by atoms with Gasteiger partial charge in [0.05, 0.1) is 24.4 Å². The van der Waals surface area contributed by atoms with Crippen molar-refractivity contribution in [2.24, 2.45) is 0 Å². The first kappa shape index (κ1) is 13.8. The van der Waals surface area contributed by atoms with E-state index in [-0.39, 0.29) is 30.3 Å². The van der Waals surface area contributed by atoms with Crippen LogP contribution >= 0.6 is 0 Å². The van der Waals surface area contributed by atoms with E-state index >= 15 is 0 Å². The molecule has 0 saturated carbocycles. The molecule has 2 fully saturated rings. The molecule has 0 aliphatic carbocycles. The van der Waals surface area contributed by atoms with E-state index in [1.807, 2.05) is 4.90 Å². The number of carbonyl (C=O) groups is 1. The van der Waals surface area contributed by atoms with Gasteiger partial charge in [-0.1, -0.05) is 19.8 Å². The quantitative estimate of drug-likeness (QED) is 0.814. The minimum atomic E-state index is 0.0174. The zero-order valence-electron chi connectivity index (χ0n) is 11.8. The van der Waals surface area contributed by atoms with Gasteiger partial charge in [-0.05, 0) is 33.1 Å². The van der Waals surface area contributed by atoms with Crippen LogP contribution in [-0.2, 0) is 9.53 Å². The Morgan fingerprint density at radius 3 is 2.94 bits per heavy atom. The molecule has 2 heterocycles. The van der Waals surface area contributed by atoms with Crippen molar-refractivity contribution in [3.05, 3.63) is 0 Å². The maximum Gasteiger partial charge on any atom is 0.241 e. The second kappa shape index (κ2) is 6.02. The highest BCUT2D eigenvalue weighted by molar-refractivity contribution is 5.84. The summed E-state index contributed by atoms with van der Waals surface area (Å²) in [6, 6.07) is 0.206. The van der Waals surface area contributed by atoms with Gasteiger partial charge in [0.15, 0.2) is 0 Å². The van der Waals surface area contributed by atoms with E-state index in [1.54, 1.807) is 0 Å². The summed E-state index contributed by atoms with van der Waals surface area (Å²) in [6.45, 7) is 7.21. The van der Waals surface area contributed by atoms with Gasteiger partial charge < -0.3 is 9.64 Å². The molecule has 4 nitrogen and oxygen atoms in total. The van der Waals surface area contributed by atoms with Crippen molar-refractivity contribution in [2.75, 3.05) is 6.61 Å². The molecular formula is C14H26N2O2. The van der Waals surface area contributed by atoms with Crippen LogP contribution in [-0.4, -0.2) is 41.8 Å². The summed E-state index contributed by atoms with van der Waals surface area (Å²) in [5.41, 5.74) is 0. The van der Waals surface area contributed by atoms with Crippen molar-refractivity contribution < 1.29 is 9.53 Å². The van der Waals surface area contributed by atoms with E-state index in [4.69, 9.17) is 4.74 Å². The Kier molecular flexibility index (Phi) is 4.62. The lowest BCUT2D eigenvalue weighted by atomic mass is 10.1. The van der Waals surface area contributed by atoms with Crippen LogP contribution < -0.4 is 5.32 Å². The van der Waals surface area contributed by atoms with Gasteiger partial charge in [0.25, 0.3) is 0 Å². The van der Waals surface area contributed by atoms with Crippen LogP contribution in [0, 0.1) is 0 Å². The van der Waals surface area contributed by atoms with Crippen molar-refractivity contribution in [3.63, 3.8) is 0 Å². The third-order valence-corrected chi connectivity index (χ3v) is 4.20. The monoisotopic (exact) mass is 254 g/mol. The molecule has 0 radical (unpaired) electrons. The Morgan fingerprint density at radius 1 is 1.56 bits per heavy atom. The van der Waals surface area contributed by atoms with Crippen LogP contribution in [0.2, 0.25) is 0 Å². The summed E-state index contributed by atoms with van der Waals surface area (Å²) in [4.78, 5) is 14.4. The van der Waals surface area contributed by atoms with Crippen LogP contribution in [0.5, 0.6) is 0 Å². The largest absolute Gasteiger partial charge is 0.376 e. The second-order valence-electron chi connectivity index (χ2n) is 5.58. The molecule has 1 N–H and O–H groups in total. The standard InChI is InChI=1S/C14H26N2O2/c1-4-5-7-12-14(17)16(11(3)15-12)10(2)13-8-6-9-18-13/h10-13,15H,4-9H2,1-3H3. The first-order chi connectivity index (χ1) is 8.65. The Hall–Kier alpha value is -0.610. The van der Waals surface area contributed by atoms with Crippen molar-refractivity contribution in [1.29, 1.82) is 0 Å². The maximum absolute atomic E-state index is 12.4. The van der Waals surface area contributed by atoms with Crippen molar-refractivity contribution in [1.82, 2.24) is 10.2 Å². The normalized spacial score (nSPS) is 34.3. The van der Waals surface area contributed by atoms with E-state index in [9.17, 15) is 4.79 Å². The fourth-order valence-electron chi connectivity index (χ4n) is 3.14. The van der Waals surface area contributed by atoms with Crippen LogP contribution in [0.3, 0.4) is 0 Å². The number of hydrogen-bond acceptors (Lipinski definition) is 3. The minimum absolute atomic E-state index is 0.0174. The molecule has 18 heavy (non-hydrogen) atoms. The van der Waals surface area contributed by atoms with E-state index in [0.29, 0.717) is 0 Å². The zero-order valence-corrected chi connectivity index (χ0v) is 11.8. The molecular weight excluding hydrogens is 228 g/mol. The number of amides is 1. The van der Waals surface area contributed by atoms with Gasteiger partial charge in [-0.25, -0.2) is 0 Å². The summed E-state index contributed by atoms with van der Waals surface area (Å²) in [5, 5.41) is 3.41. The number of nitrogens with zero attached hydrogens (tertiary/aromatic N) is 1. The molecule has 0 aromatic rings. The zero-order chi connectivity index (χ0) is 13.1. The molecule has 2 aliphatic rings. The van der Waals surface area contributed by atoms with Gasteiger partial charge in [0.1, 0.15) is 0 Å². The average molecular weight is 254 g/mol. The molecule has 2 aliphatic heterocycles. The number of rotatable bonds is 5. The predicted molar refractivity (Wildman–Crippen MR) is 71.2 cm³/mol. The van der Waals surface area contributed by atoms with Gasteiger partial charge in [-0.15, -0.1) is 0 Å². The maximum atomic E-state index is 12.4. The van der Waals surface area contributed by atoms with Crippen molar-refractivity contribution >= 4 is 5.91 Å². The molecule has 104 valence electrons. The molecule has 2 saturated heterocycles. The molecule has 2 rings (SSSR count). The molecule has 0 aromatic carbocycles. The van der Waals surface area contributed by atoms with E-state index in [2.05, 4.69) is 26.1 Å². The topological polar surface area (TPSA) is 41.6 Å². The molecule has 0 spiro atoms. The van der Waals surface area contributed by atoms with Gasteiger partial charge in [0.2, 0.25) is 5.91 Å². The lowest BCUT2D eigenvalue weighted by molar-refractivity contribution is -0.134. The van der Waals surface area contributed by atoms with Crippen molar-refractivity contribution in [2.45, 2.75) is 77.2 Å². The molecule has 4 heteroatoms. The second-order valence-corrected chi connectivity index (χ2v) is 5.58. The van der Waals surface area contributed by atoms with E-state index in [0.717, 1.165) is 38.7 Å². The van der Waals surface area contributed by atoms with E-state index < -0.39 is 0 Å². The first-order valence-corrected chi connectivity index (χ1v) is 7.35. The van der Waals surface area contributed by atoms with Crippen LogP contribution in [0.25, 0.3) is 0 Å². The minimum Gasteiger partial charge on any atom is -0.376 e. The molecule has 4 atom stereocenters. The van der Waals surface area contributed by atoms with Gasteiger partial charge >= 0.3 is 0 Å². The van der Waals surface area contributed by atoms with Crippen molar-refractivity contribution in [3.8, 4) is 0 Å². The Balaban J connectivity index is 1.97. The first-order valence-electron chi connectivity index (χ1n) is 7.35. The summed E-state index contributed by atoms with van der Waals surface area (Å²) < 4.78 is 5.72. The smallest absolute Gasteiger partial charge is 0.241 e. The number of nitrogens with one attached hydrogen (secondary N) is 1. The highest BCUT2D eigenvalue weighted by atomic mass is 16.5. The van der Waals surface area contributed by atoms with Gasteiger partial charge in [0, 0.05) is 6.61 Å². The van der Waals surface area contributed by atoms with Crippen LogP contribution in [0.1, 0.15) is 52.9 Å². The summed E-state index contributed by atoms with van der Waals surface area (Å²) in [5.74, 6) is 0.263. The lowest BCUT2D eigenvalue weighted by Gasteiger charge is -2.31. The lowest BCUT2D eigenvalue weighted by Crippen LogP contribution is -2.47. The highest BCUT2D eigenvalue weighted by Crippen LogP contribution is 2.25. The summed E-state index contributed by atoms with van der Waals surface area (Å²) >= 11 is 0. The summed E-state index contributed by atoms with van der Waals surface area (Å²) in [7, 11) is 0. The Labute approximate surface area is 110 Å². The fourth-order valence-corrected chi connectivity index (χ4v) is 3.14. The van der Waals surface area contributed by atoms with Gasteiger partial charge in [-0.3, -0.25) is 10.1 Å². The Morgan fingerprint density at radius 2 is 2.33 bits per heavy atom. The molecule has 4 unspecified atom stereocenters. The average Bonchev–Trinajstić information content (AvgIpc) is 2.95. The van der Waals surface area contributed by atoms with E-state index in [1.165, 1.54) is 0 Å². The number of unbranched alkanes of at least 4 members (excludes halogenated alkanes) is 1. The van der Waals surface area contributed by atoms with Gasteiger partial charge in [-0.2, -0.15) is 0 Å². The highest BCUT2D eigenvalue weighted by Gasteiger charge is 2.41. The fraction of sp³-hybridized carbons (Fsp3) is 0.929. The Bertz CT molecular complexity index is 290. The molecule has 0 aromatic heterocycles.